The van der Waals surface area contributed by atoms with Gasteiger partial charge in [-0.2, -0.15) is 5.10 Å². The van der Waals surface area contributed by atoms with Gasteiger partial charge in [0.15, 0.2) is 0 Å². The van der Waals surface area contributed by atoms with Crippen LogP contribution in [0.4, 0.5) is 0 Å². The number of aryl methyl sites for hydroxylation is 3. The lowest BCUT2D eigenvalue weighted by atomic mass is 10.1. The molecule has 130 valence electrons. The molecule has 0 aliphatic rings. The molecule has 6 heteroatoms. The first-order valence-corrected chi connectivity index (χ1v) is 8.17. The van der Waals surface area contributed by atoms with Crippen LogP contribution in [0.2, 0.25) is 0 Å². The molecule has 0 fully saturated rings. The van der Waals surface area contributed by atoms with E-state index in [-0.39, 0.29) is 32.2 Å². The molecule has 2 rings (SSSR count). The molecule has 0 radical (unpaired) electrons. The fourth-order valence-electron chi connectivity index (χ4n) is 2.71. The van der Waals surface area contributed by atoms with Crippen LogP contribution in [0.1, 0.15) is 23.4 Å². The first-order chi connectivity index (χ1) is 11.5. The summed E-state index contributed by atoms with van der Waals surface area (Å²) in [4.78, 5) is 13.6. The third-order valence-corrected chi connectivity index (χ3v) is 3.91. The van der Waals surface area contributed by atoms with Crippen LogP contribution in [0.15, 0.2) is 30.3 Å². The molecule has 1 aromatic heterocycles. The van der Waals surface area contributed by atoms with Gasteiger partial charge in [0.05, 0.1) is 24.6 Å². The Morgan fingerprint density at radius 1 is 1.12 bits per heavy atom. The number of carbonyl (C=O) groups is 1. The van der Waals surface area contributed by atoms with Crippen molar-refractivity contribution in [2.45, 2.75) is 26.7 Å². The lowest BCUT2D eigenvalue weighted by Crippen LogP contribution is -2.35. The zero-order chi connectivity index (χ0) is 17.5. The number of nitrogens with zero attached hydrogens (tertiary/aromatic N) is 3. The average molecular weight is 331 g/mol. The van der Waals surface area contributed by atoms with E-state index in [1.54, 1.807) is 0 Å². The van der Waals surface area contributed by atoms with Crippen LogP contribution in [0.25, 0.3) is 5.69 Å². The highest BCUT2D eigenvalue weighted by molar-refractivity contribution is 5.76. The SMILES string of the molecule is Cc1cc(C)n(-c2ccc(CCC(=O)N(CCO)CCO)cc2)n1. The van der Waals surface area contributed by atoms with Gasteiger partial charge in [-0.15, -0.1) is 0 Å². The molecule has 0 atom stereocenters. The number of hydrogen-bond acceptors (Lipinski definition) is 4. The molecule has 0 unspecified atom stereocenters. The van der Waals surface area contributed by atoms with Crippen LogP contribution >= 0.6 is 0 Å². The molecule has 1 heterocycles. The summed E-state index contributed by atoms with van der Waals surface area (Å²) in [6.07, 6.45) is 0.989. The standard InChI is InChI=1S/C18H25N3O3/c1-14-13-15(2)21(19-14)17-6-3-16(4-7-17)5-8-18(24)20(9-11-22)10-12-23/h3-4,6-7,13,22-23H,5,8-12H2,1-2H3. The van der Waals surface area contributed by atoms with Gasteiger partial charge < -0.3 is 15.1 Å². The van der Waals surface area contributed by atoms with E-state index in [0.29, 0.717) is 12.8 Å². The van der Waals surface area contributed by atoms with E-state index in [1.165, 1.54) is 4.90 Å². The Morgan fingerprint density at radius 2 is 1.75 bits per heavy atom. The number of aliphatic hydroxyl groups is 2. The van der Waals surface area contributed by atoms with E-state index in [1.807, 2.05) is 48.9 Å². The predicted molar refractivity (Wildman–Crippen MR) is 92.1 cm³/mol. The second-order valence-corrected chi connectivity index (χ2v) is 5.83. The normalized spacial score (nSPS) is 10.8. The Labute approximate surface area is 142 Å². The van der Waals surface area contributed by atoms with Gasteiger partial charge in [-0.05, 0) is 44.0 Å². The Hall–Kier alpha value is -2.18. The quantitative estimate of drug-likeness (QED) is 0.763. The van der Waals surface area contributed by atoms with Gasteiger partial charge in [0, 0.05) is 25.2 Å². The highest BCUT2D eigenvalue weighted by Gasteiger charge is 2.12. The molecule has 2 aromatic rings. The van der Waals surface area contributed by atoms with Gasteiger partial charge in [0.1, 0.15) is 0 Å². The summed E-state index contributed by atoms with van der Waals surface area (Å²) >= 11 is 0. The van der Waals surface area contributed by atoms with Crippen LogP contribution in [-0.2, 0) is 11.2 Å². The molecule has 1 aromatic carbocycles. The molecule has 0 saturated heterocycles. The Bertz CT molecular complexity index is 659. The van der Waals surface area contributed by atoms with Crippen molar-refractivity contribution in [2.24, 2.45) is 0 Å². The third kappa shape index (κ3) is 4.66. The average Bonchev–Trinajstić information content (AvgIpc) is 2.91. The first kappa shape index (κ1) is 18.2. The van der Waals surface area contributed by atoms with Crippen molar-refractivity contribution in [3.8, 4) is 5.69 Å². The number of carbonyl (C=O) groups excluding carboxylic acids is 1. The monoisotopic (exact) mass is 331 g/mol. The van der Waals surface area contributed by atoms with Gasteiger partial charge in [0.25, 0.3) is 0 Å². The maximum Gasteiger partial charge on any atom is 0.223 e. The van der Waals surface area contributed by atoms with Gasteiger partial charge in [0.2, 0.25) is 5.91 Å². The molecule has 24 heavy (non-hydrogen) atoms. The maximum atomic E-state index is 12.1. The number of aliphatic hydroxyl groups excluding tert-OH is 2. The molecule has 0 aliphatic carbocycles. The predicted octanol–water partition coefficient (Wildman–Crippen LogP) is 1.23. The van der Waals surface area contributed by atoms with Crippen LogP contribution in [0.3, 0.4) is 0 Å². The minimum Gasteiger partial charge on any atom is -0.395 e. The van der Waals surface area contributed by atoms with Crippen molar-refractivity contribution in [1.82, 2.24) is 14.7 Å². The molecular formula is C18H25N3O3. The number of hydrogen-bond donors (Lipinski definition) is 2. The number of aromatic nitrogens is 2. The molecular weight excluding hydrogens is 306 g/mol. The zero-order valence-corrected chi connectivity index (χ0v) is 14.3. The lowest BCUT2D eigenvalue weighted by molar-refractivity contribution is -0.132. The van der Waals surface area contributed by atoms with E-state index in [0.717, 1.165) is 22.6 Å². The summed E-state index contributed by atoms with van der Waals surface area (Å²) in [6.45, 7) is 4.32. The van der Waals surface area contributed by atoms with Gasteiger partial charge in [-0.1, -0.05) is 12.1 Å². The second kappa shape index (κ2) is 8.61. The fourth-order valence-corrected chi connectivity index (χ4v) is 2.71. The van der Waals surface area contributed by atoms with Crippen LogP contribution < -0.4 is 0 Å². The van der Waals surface area contributed by atoms with E-state index in [4.69, 9.17) is 10.2 Å². The minimum atomic E-state index is -0.0942. The van der Waals surface area contributed by atoms with Crippen molar-refractivity contribution in [1.29, 1.82) is 0 Å². The molecule has 1 amide bonds. The fraction of sp³-hybridized carbons (Fsp3) is 0.444. The summed E-state index contributed by atoms with van der Waals surface area (Å²) in [5.74, 6) is -0.0549. The number of amides is 1. The van der Waals surface area contributed by atoms with Crippen molar-refractivity contribution < 1.29 is 15.0 Å². The molecule has 0 saturated carbocycles. The molecule has 0 aliphatic heterocycles. The van der Waals surface area contributed by atoms with Crippen LogP contribution in [-0.4, -0.2) is 57.1 Å². The minimum absolute atomic E-state index is 0.0549. The Balaban J connectivity index is 1.96. The number of benzene rings is 1. The summed E-state index contributed by atoms with van der Waals surface area (Å²) < 4.78 is 1.90. The Kier molecular flexibility index (Phi) is 6.52. The summed E-state index contributed by atoms with van der Waals surface area (Å²) in [7, 11) is 0. The van der Waals surface area contributed by atoms with E-state index < -0.39 is 0 Å². The van der Waals surface area contributed by atoms with Crippen molar-refractivity contribution in [2.75, 3.05) is 26.3 Å². The smallest absolute Gasteiger partial charge is 0.223 e. The molecule has 0 spiro atoms. The van der Waals surface area contributed by atoms with Gasteiger partial charge >= 0.3 is 0 Å². The zero-order valence-electron chi connectivity index (χ0n) is 14.3. The van der Waals surface area contributed by atoms with E-state index >= 15 is 0 Å². The van der Waals surface area contributed by atoms with Gasteiger partial charge in [-0.3, -0.25) is 4.79 Å². The Morgan fingerprint density at radius 3 is 2.25 bits per heavy atom. The van der Waals surface area contributed by atoms with Crippen LogP contribution in [0, 0.1) is 13.8 Å². The van der Waals surface area contributed by atoms with E-state index in [2.05, 4.69) is 5.10 Å². The number of rotatable bonds is 8. The highest BCUT2D eigenvalue weighted by Crippen LogP contribution is 2.14. The largest absolute Gasteiger partial charge is 0.395 e. The summed E-state index contributed by atoms with van der Waals surface area (Å²) in [5.41, 5.74) is 4.13. The third-order valence-electron chi connectivity index (χ3n) is 3.91. The summed E-state index contributed by atoms with van der Waals surface area (Å²) in [6, 6.07) is 10.0. The molecule has 0 bridgehead atoms. The molecule has 2 N–H and O–H groups in total. The van der Waals surface area contributed by atoms with Crippen molar-refractivity contribution in [3.05, 3.63) is 47.3 Å². The van der Waals surface area contributed by atoms with Crippen LogP contribution in [0.5, 0.6) is 0 Å². The van der Waals surface area contributed by atoms with Crippen molar-refractivity contribution in [3.63, 3.8) is 0 Å². The second-order valence-electron chi connectivity index (χ2n) is 5.83. The van der Waals surface area contributed by atoms with Crippen molar-refractivity contribution >= 4 is 5.91 Å². The maximum absolute atomic E-state index is 12.1. The molecule has 6 nitrogen and oxygen atoms in total. The lowest BCUT2D eigenvalue weighted by Gasteiger charge is -2.20. The topological polar surface area (TPSA) is 78.6 Å². The highest BCUT2D eigenvalue weighted by atomic mass is 16.3. The first-order valence-electron chi connectivity index (χ1n) is 8.17. The van der Waals surface area contributed by atoms with E-state index in [9.17, 15) is 4.79 Å². The summed E-state index contributed by atoms with van der Waals surface area (Å²) in [5, 5.41) is 22.4. The van der Waals surface area contributed by atoms with Gasteiger partial charge in [-0.25, -0.2) is 4.68 Å².